The molecular formula is C25H28N2O3. The zero-order valence-electron chi connectivity index (χ0n) is 17.2. The van der Waals surface area contributed by atoms with E-state index in [1.165, 1.54) is 5.56 Å². The van der Waals surface area contributed by atoms with Gasteiger partial charge in [-0.2, -0.15) is 0 Å². The molecule has 3 aliphatic rings. The van der Waals surface area contributed by atoms with E-state index in [1.807, 2.05) is 47.4 Å². The van der Waals surface area contributed by atoms with Crippen molar-refractivity contribution in [2.45, 2.75) is 50.0 Å². The summed E-state index contributed by atoms with van der Waals surface area (Å²) in [5.74, 6) is 2.69. The van der Waals surface area contributed by atoms with Crippen LogP contribution < -0.4 is 10.1 Å². The summed E-state index contributed by atoms with van der Waals surface area (Å²) < 4.78 is 5.88. The molecule has 5 rings (SSSR count). The Morgan fingerprint density at radius 3 is 2.27 bits per heavy atom. The fourth-order valence-corrected chi connectivity index (χ4v) is 5.26. The molecule has 2 aliphatic heterocycles. The third-order valence-electron chi connectivity index (χ3n) is 7.00. The molecule has 0 unspecified atom stereocenters. The van der Waals surface area contributed by atoms with Gasteiger partial charge in [0.2, 0.25) is 11.8 Å². The smallest absolute Gasteiger partial charge is 0.225 e. The molecule has 2 aromatic carbocycles. The van der Waals surface area contributed by atoms with Crippen LogP contribution in [0.25, 0.3) is 0 Å². The molecule has 2 heterocycles. The highest BCUT2D eigenvalue weighted by Gasteiger charge is 2.51. The first-order chi connectivity index (χ1) is 14.6. The van der Waals surface area contributed by atoms with Gasteiger partial charge in [0, 0.05) is 31.0 Å². The van der Waals surface area contributed by atoms with Crippen molar-refractivity contribution in [3.8, 4) is 11.5 Å². The Hall–Kier alpha value is -2.82. The van der Waals surface area contributed by atoms with Crippen LogP contribution in [0.15, 0.2) is 54.6 Å². The van der Waals surface area contributed by atoms with Gasteiger partial charge in [0.05, 0.1) is 0 Å². The molecule has 0 radical (unpaired) electrons. The molecule has 156 valence electrons. The van der Waals surface area contributed by atoms with Crippen molar-refractivity contribution in [2.75, 3.05) is 13.1 Å². The molecule has 0 aromatic heterocycles. The first kappa shape index (κ1) is 19.2. The Morgan fingerprint density at radius 2 is 1.63 bits per heavy atom. The molecule has 2 amide bonds. The molecule has 1 spiro atoms. The normalized spacial score (nSPS) is 26.3. The molecule has 1 aliphatic carbocycles. The number of nitrogens with one attached hydrogen (secondary N) is 1. The van der Waals surface area contributed by atoms with E-state index in [4.69, 9.17) is 4.74 Å². The van der Waals surface area contributed by atoms with E-state index < -0.39 is 0 Å². The monoisotopic (exact) mass is 404 g/mol. The van der Waals surface area contributed by atoms with Gasteiger partial charge in [-0.15, -0.1) is 0 Å². The predicted octanol–water partition coefficient (Wildman–Crippen LogP) is 4.24. The van der Waals surface area contributed by atoms with Crippen LogP contribution in [-0.2, 0) is 9.59 Å². The highest BCUT2D eigenvalue weighted by atomic mass is 16.5. The summed E-state index contributed by atoms with van der Waals surface area (Å²) in [7, 11) is 0. The SMILES string of the molecule is O=C1CC[C@]2(C[C@H](C(=O)N3CCC(c4ccc(Oc5ccccc5)cc4)CC3)C2)N1. The maximum absolute atomic E-state index is 12.9. The first-order valence-electron chi connectivity index (χ1n) is 11.0. The van der Waals surface area contributed by atoms with Crippen molar-refractivity contribution < 1.29 is 14.3 Å². The molecule has 3 fully saturated rings. The van der Waals surface area contributed by atoms with Crippen LogP contribution in [0.5, 0.6) is 11.5 Å². The second-order valence-electron chi connectivity index (χ2n) is 9.02. The van der Waals surface area contributed by atoms with Gasteiger partial charge < -0.3 is 15.0 Å². The first-order valence-corrected chi connectivity index (χ1v) is 11.0. The van der Waals surface area contributed by atoms with Crippen molar-refractivity contribution >= 4 is 11.8 Å². The number of benzene rings is 2. The summed E-state index contributed by atoms with van der Waals surface area (Å²) in [6.45, 7) is 1.64. The minimum Gasteiger partial charge on any atom is -0.457 e. The van der Waals surface area contributed by atoms with Gasteiger partial charge in [0.25, 0.3) is 0 Å². The highest BCUT2D eigenvalue weighted by Crippen LogP contribution is 2.45. The third kappa shape index (κ3) is 3.81. The lowest BCUT2D eigenvalue weighted by Crippen LogP contribution is -2.57. The van der Waals surface area contributed by atoms with Gasteiger partial charge in [-0.05, 0) is 67.9 Å². The number of para-hydroxylation sites is 1. The number of likely N-dealkylation sites (tertiary alicyclic amines) is 1. The molecule has 5 heteroatoms. The van der Waals surface area contributed by atoms with Gasteiger partial charge in [0.15, 0.2) is 0 Å². The molecule has 2 aromatic rings. The van der Waals surface area contributed by atoms with Crippen LogP contribution in [0.3, 0.4) is 0 Å². The minimum absolute atomic E-state index is 0.0701. The zero-order valence-corrected chi connectivity index (χ0v) is 17.2. The van der Waals surface area contributed by atoms with Crippen molar-refractivity contribution in [2.24, 2.45) is 5.92 Å². The molecule has 5 nitrogen and oxygen atoms in total. The number of nitrogens with zero attached hydrogens (tertiary/aromatic N) is 1. The average molecular weight is 405 g/mol. The van der Waals surface area contributed by atoms with Gasteiger partial charge in [0.1, 0.15) is 11.5 Å². The topological polar surface area (TPSA) is 58.6 Å². The summed E-state index contributed by atoms with van der Waals surface area (Å²) in [6.07, 6.45) is 5.14. The van der Waals surface area contributed by atoms with Crippen LogP contribution >= 0.6 is 0 Å². The van der Waals surface area contributed by atoms with Crippen molar-refractivity contribution in [3.63, 3.8) is 0 Å². The standard InChI is InChI=1S/C25H28N2O3/c28-23-10-13-25(26-23)16-20(17-25)24(29)27-14-11-19(12-15-27)18-6-8-22(9-7-18)30-21-4-2-1-3-5-21/h1-9,19-20H,10-17H2,(H,26,28)/t20-,25+. The Labute approximate surface area is 177 Å². The third-order valence-corrected chi connectivity index (χ3v) is 7.00. The van der Waals surface area contributed by atoms with Crippen molar-refractivity contribution in [3.05, 3.63) is 60.2 Å². The van der Waals surface area contributed by atoms with E-state index in [-0.39, 0.29) is 23.3 Å². The molecule has 0 atom stereocenters. The van der Waals surface area contributed by atoms with Crippen LogP contribution in [0.1, 0.15) is 50.0 Å². The Balaban J connectivity index is 1.12. The molecule has 1 saturated carbocycles. The van der Waals surface area contributed by atoms with Gasteiger partial charge in [-0.1, -0.05) is 30.3 Å². The number of rotatable bonds is 4. The number of hydrogen-bond donors (Lipinski definition) is 1. The van der Waals surface area contributed by atoms with Crippen molar-refractivity contribution in [1.29, 1.82) is 0 Å². The number of ether oxygens (including phenoxy) is 1. The maximum Gasteiger partial charge on any atom is 0.225 e. The van der Waals surface area contributed by atoms with Crippen molar-refractivity contribution in [1.82, 2.24) is 10.2 Å². The van der Waals surface area contributed by atoms with Gasteiger partial charge >= 0.3 is 0 Å². The number of carbonyl (C=O) groups is 2. The number of amides is 2. The van der Waals surface area contributed by atoms with Crippen LogP contribution in [-0.4, -0.2) is 35.3 Å². The van der Waals surface area contributed by atoms with Crippen LogP contribution in [0.2, 0.25) is 0 Å². The summed E-state index contributed by atoms with van der Waals surface area (Å²) in [5.41, 5.74) is 1.25. The maximum atomic E-state index is 12.9. The van der Waals surface area contributed by atoms with E-state index in [0.29, 0.717) is 12.3 Å². The Bertz CT molecular complexity index is 911. The summed E-state index contributed by atoms with van der Waals surface area (Å²) >= 11 is 0. The summed E-state index contributed by atoms with van der Waals surface area (Å²) in [6, 6.07) is 18.2. The molecule has 1 N–H and O–H groups in total. The number of piperidine rings is 1. The molecule has 2 saturated heterocycles. The minimum atomic E-state index is -0.0701. The summed E-state index contributed by atoms with van der Waals surface area (Å²) in [5, 5.41) is 3.08. The van der Waals surface area contributed by atoms with E-state index in [2.05, 4.69) is 17.4 Å². The number of carbonyl (C=O) groups excluding carboxylic acids is 2. The fourth-order valence-electron chi connectivity index (χ4n) is 5.26. The largest absolute Gasteiger partial charge is 0.457 e. The van der Waals surface area contributed by atoms with E-state index in [9.17, 15) is 9.59 Å². The Morgan fingerprint density at radius 1 is 0.967 bits per heavy atom. The molecule has 30 heavy (non-hydrogen) atoms. The average Bonchev–Trinajstić information content (AvgIpc) is 3.16. The van der Waals surface area contributed by atoms with Gasteiger partial charge in [-0.25, -0.2) is 0 Å². The highest BCUT2D eigenvalue weighted by molar-refractivity contribution is 5.83. The van der Waals surface area contributed by atoms with E-state index >= 15 is 0 Å². The lowest BCUT2D eigenvalue weighted by molar-refractivity contribution is -0.142. The Kier molecular flexibility index (Phi) is 4.97. The second-order valence-corrected chi connectivity index (χ2v) is 9.02. The summed E-state index contributed by atoms with van der Waals surface area (Å²) in [4.78, 5) is 26.4. The number of hydrogen-bond acceptors (Lipinski definition) is 3. The quantitative estimate of drug-likeness (QED) is 0.829. The lowest BCUT2D eigenvalue weighted by atomic mass is 9.67. The van der Waals surface area contributed by atoms with Crippen LogP contribution in [0, 0.1) is 5.92 Å². The second kappa shape index (κ2) is 7.78. The zero-order chi connectivity index (χ0) is 20.6. The predicted molar refractivity (Wildman–Crippen MR) is 114 cm³/mol. The van der Waals surface area contributed by atoms with E-state index in [1.54, 1.807) is 0 Å². The van der Waals surface area contributed by atoms with E-state index in [0.717, 1.165) is 56.7 Å². The molecule has 0 bridgehead atoms. The lowest BCUT2D eigenvalue weighted by Gasteiger charge is -2.46. The van der Waals surface area contributed by atoms with Gasteiger partial charge in [-0.3, -0.25) is 9.59 Å². The molecular weight excluding hydrogens is 376 g/mol. The van der Waals surface area contributed by atoms with Crippen LogP contribution in [0.4, 0.5) is 0 Å². The fraction of sp³-hybridized carbons (Fsp3) is 0.440.